The summed E-state index contributed by atoms with van der Waals surface area (Å²) in [5, 5.41) is 3.15. The number of amides is 2. The number of piperidine rings is 1. The number of hydrogen-bond acceptors (Lipinski definition) is 5. The number of nitrogens with zero attached hydrogens (tertiary/aromatic N) is 1. The average Bonchev–Trinajstić information content (AvgIpc) is 2.44. The van der Waals surface area contributed by atoms with Crippen molar-refractivity contribution >= 4 is 11.8 Å². The number of nitrogens with two attached hydrogens (primary N) is 1. The van der Waals surface area contributed by atoms with Gasteiger partial charge in [0.15, 0.2) is 0 Å². The van der Waals surface area contributed by atoms with Crippen LogP contribution in [0.25, 0.3) is 0 Å². The Morgan fingerprint density at radius 3 is 2.48 bits per heavy atom. The predicted octanol–water partition coefficient (Wildman–Crippen LogP) is -2.26. The first kappa shape index (κ1) is 15.0. The van der Waals surface area contributed by atoms with Crippen LogP contribution < -0.4 is 22.3 Å². The number of carbonyl (C=O) groups excluding carboxylic acids is 2. The molecule has 1 saturated heterocycles. The van der Waals surface area contributed by atoms with Crippen molar-refractivity contribution in [2.24, 2.45) is 5.73 Å². The van der Waals surface area contributed by atoms with Crippen LogP contribution in [0.2, 0.25) is 0 Å². The number of H-pyrrole nitrogens is 2. The third-order valence-corrected chi connectivity index (χ3v) is 3.33. The number of rotatable bonds is 4. The molecule has 0 saturated carbocycles. The van der Waals surface area contributed by atoms with Crippen LogP contribution in [0.3, 0.4) is 0 Å². The molecule has 0 radical (unpaired) electrons. The third-order valence-electron chi connectivity index (χ3n) is 3.33. The number of hydrogen-bond donors (Lipinski definition) is 4. The summed E-state index contributed by atoms with van der Waals surface area (Å²) in [6, 6.07) is 0.841. The zero-order chi connectivity index (χ0) is 15.4. The predicted molar refractivity (Wildman–Crippen MR) is 73.8 cm³/mol. The maximum absolute atomic E-state index is 12.5. The molecule has 0 atom stereocenters. The van der Waals surface area contributed by atoms with Crippen molar-refractivity contribution in [3.63, 3.8) is 0 Å². The molecule has 1 fully saturated rings. The van der Waals surface area contributed by atoms with E-state index in [0.717, 1.165) is 19.2 Å². The highest BCUT2D eigenvalue weighted by Gasteiger charge is 2.28. The van der Waals surface area contributed by atoms with Crippen LogP contribution in [0.5, 0.6) is 0 Å². The van der Waals surface area contributed by atoms with Gasteiger partial charge in [0, 0.05) is 12.1 Å². The molecular formula is C12H17N5O4. The zero-order valence-corrected chi connectivity index (χ0v) is 11.3. The molecule has 21 heavy (non-hydrogen) atoms. The van der Waals surface area contributed by atoms with Gasteiger partial charge in [0.1, 0.15) is 5.69 Å². The van der Waals surface area contributed by atoms with Gasteiger partial charge in [-0.15, -0.1) is 0 Å². The van der Waals surface area contributed by atoms with E-state index in [1.165, 1.54) is 4.90 Å². The van der Waals surface area contributed by atoms with Gasteiger partial charge in [0.25, 0.3) is 11.5 Å². The molecule has 1 aliphatic rings. The van der Waals surface area contributed by atoms with Gasteiger partial charge in [-0.25, -0.2) is 4.79 Å². The van der Waals surface area contributed by atoms with Crippen LogP contribution in [-0.4, -0.2) is 52.4 Å². The highest BCUT2D eigenvalue weighted by Crippen LogP contribution is 2.13. The summed E-state index contributed by atoms with van der Waals surface area (Å²) < 4.78 is 0. The first-order valence-electron chi connectivity index (χ1n) is 6.61. The maximum atomic E-state index is 12.5. The lowest BCUT2D eigenvalue weighted by Gasteiger charge is -2.33. The molecule has 5 N–H and O–H groups in total. The van der Waals surface area contributed by atoms with Gasteiger partial charge in [-0.2, -0.15) is 0 Å². The van der Waals surface area contributed by atoms with Crippen molar-refractivity contribution in [3.8, 4) is 0 Å². The van der Waals surface area contributed by atoms with E-state index in [1.807, 2.05) is 4.98 Å². The molecule has 0 aliphatic carbocycles. The Bertz CT molecular complexity index is 615. The summed E-state index contributed by atoms with van der Waals surface area (Å²) in [7, 11) is 0. The standard InChI is InChI=1S/C12H17N5O4/c13-9(18)6-17(7-1-3-14-4-2-7)11(20)8-5-10(19)16-12(21)15-8/h5,7,14H,1-4,6H2,(H2,13,18)(H2,15,16,19,21). The second-order valence-corrected chi connectivity index (χ2v) is 4.88. The van der Waals surface area contributed by atoms with Gasteiger partial charge in [0.2, 0.25) is 5.91 Å². The Morgan fingerprint density at radius 1 is 1.24 bits per heavy atom. The zero-order valence-electron chi connectivity index (χ0n) is 11.3. The summed E-state index contributed by atoms with van der Waals surface area (Å²) in [6.07, 6.45) is 1.35. The molecule has 9 nitrogen and oxygen atoms in total. The Balaban J connectivity index is 2.30. The highest BCUT2D eigenvalue weighted by atomic mass is 16.2. The molecule has 1 aliphatic heterocycles. The van der Waals surface area contributed by atoms with Gasteiger partial charge in [-0.1, -0.05) is 0 Å². The van der Waals surface area contributed by atoms with Gasteiger partial charge in [0.05, 0.1) is 6.54 Å². The molecule has 0 bridgehead atoms. The normalized spacial score (nSPS) is 15.6. The SMILES string of the molecule is NC(=O)CN(C(=O)c1cc(=O)[nH]c(=O)[nH]1)C1CCNCC1. The first-order chi connectivity index (χ1) is 9.97. The summed E-state index contributed by atoms with van der Waals surface area (Å²) in [6.45, 7) is 1.19. The number of aromatic amines is 2. The Morgan fingerprint density at radius 2 is 1.90 bits per heavy atom. The van der Waals surface area contributed by atoms with Crippen molar-refractivity contribution in [2.75, 3.05) is 19.6 Å². The first-order valence-corrected chi connectivity index (χ1v) is 6.61. The second kappa shape index (κ2) is 6.35. The molecule has 0 aromatic carbocycles. The molecule has 114 valence electrons. The second-order valence-electron chi connectivity index (χ2n) is 4.88. The van der Waals surface area contributed by atoms with E-state index in [2.05, 4.69) is 10.3 Å². The van der Waals surface area contributed by atoms with Crippen molar-refractivity contribution in [2.45, 2.75) is 18.9 Å². The van der Waals surface area contributed by atoms with Crippen LogP contribution in [0.15, 0.2) is 15.7 Å². The van der Waals surface area contributed by atoms with Crippen LogP contribution in [-0.2, 0) is 4.79 Å². The van der Waals surface area contributed by atoms with Crippen molar-refractivity contribution < 1.29 is 9.59 Å². The molecule has 2 rings (SSSR count). The Kier molecular flexibility index (Phi) is 4.53. The van der Waals surface area contributed by atoms with Crippen molar-refractivity contribution in [3.05, 3.63) is 32.6 Å². The molecule has 2 heterocycles. The molecule has 0 spiro atoms. The third kappa shape index (κ3) is 3.78. The summed E-state index contributed by atoms with van der Waals surface area (Å²) in [4.78, 5) is 51.8. The van der Waals surface area contributed by atoms with Crippen molar-refractivity contribution in [1.29, 1.82) is 0 Å². The van der Waals surface area contributed by atoms with E-state index in [0.29, 0.717) is 12.8 Å². The number of aromatic nitrogens is 2. The van der Waals surface area contributed by atoms with E-state index in [1.54, 1.807) is 0 Å². The van der Waals surface area contributed by atoms with Crippen LogP contribution in [0.1, 0.15) is 23.3 Å². The number of carbonyl (C=O) groups is 2. The lowest BCUT2D eigenvalue weighted by Crippen LogP contribution is -2.50. The quantitative estimate of drug-likeness (QED) is 0.496. The molecule has 1 aromatic rings. The van der Waals surface area contributed by atoms with E-state index in [9.17, 15) is 19.2 Å². The molecule has 2 amide bonds. The molecular weight excluding hydrogens is 278 g/mol. The minimum absolute atomic E-state index is 0.150. The average molecular weight is 295 g/mol. The van der Waals surface area contributed by atoms with E-state index in [-0.39, 0.29) is 18.3 Å². The van der Waals surface area contributed by atoms with Gasteiger partial charge >= 0.3 is 5.69 Å². The van der Waals surface area contributed by atoms with Gasteiger partial charge in [-0.05, 0) is 25.9 Å². The van der Waals surface area contributed by atoms with Crippen LogP contribution >= 0.6 is 0 Å². The highest BCUT2D eigenvalue weighted by molar-refractivity contribution is 5.94. The topological polar surface area (TPSA) is 141 Å². The summed E-state index contributed by atoms with van der Waals surface area (Å²) in [5.74, 6) is -1.22. The molecule has 9 heteroatoms. The van der Waals surface area contributed by atoms with E-state index >= 15 is 0 Å². The Hall–Kier alpha value is -2.42. The van der Waals surface area contributed by atoms with Crippen LogP contribution in [0, 0.1) is 0 Å². The van der Waals surface area contributed by atoms with E-state index < -0.39 is 23.1 Å². The molecule has 0 unspecified atom stereocenters. The lowest BCUT2D eigenvalue weighted by molar-refractivity contribution is -0.119. The summed E-state index contributed by atoms with van der Waals surface area (Å²) >= 11 is 0. The summed E-state index contributed by atoms with van der Waals surface area (Å²) in [5.41, 5.74) is 3.59. The van der Waals surface area contributed by atoms with Crippen molar-refractivity contribution in [1.82, 2.24) is 20.2 Å². The fourth-order valence-corrected chi connectivity index (χ4v) is 2.39. The van der Waals surface area contributed by atoms with Gasteiger partial charge in [-0.3, -0.25) is 19.4 Å². The lowest BCUT2D eigenvalue weighted by atomic mass is 10.0. The fourth-order valence-electron chi connectivity index (χ4n) is 2.39. The monoisotopic (exact) mass is 295 g/mol. The molecule has 1 aromatic heterocycles. The largest absolute Gasteiger partial charge is 0.368 e. The smallest absolute Gasteiger partial charge is 0.326 e. The number of nitrogens with one attached hydrogen (secondary N) is 3. The Labute approximate surface area is 119 Å². The maximum Gasteiger partial charge on any atom is 0.326 e. The van der Waals surface area contributed by atoms with E-state index in [4.69, 9.17) is 5.73 Å². The van der Waals surface area contributed by atoms with Crippen LogP contribution in [0.4, 0.5) is 0 Å². The number of primary amides is 1. The fraction of sp³-hybridized carbons (Fsp3) is 0.500. The minimum Gasteiger partial charge on any atom is -0.368 e. The minimum atomic E-state index is -0.768. The van der Waals surface area contributed by atoms with Gasteiger partial charge < -0.3 is 20.9 Å².